The Bertz CT molecular complexity index is 1400. The minimum absolute atomic E-state index is 0.00343. The van der Waals surface area contributed by atoms with Crippen LogP contribution in [0.25, 0.3) is 0 Å². The molecular formula is C31H52N8O6S4. The fourth-order valence-electron chi connectivity index (χ4n) is 4.52. The molecule has 2 rings (SSSR count). The monoisotopic (exact) mass is 760 g/mol. The van der Waals surface area contributed by atoms with Gasteiger partial charge in [0.25, 0.3) is 5.91 Å². The quantitative estimate of drug-likeness (QED) is 0.100. The van der Waals surface area contributed by atoms with E-state index in [0.29, 0.717) is 29.5 Å². The molecule has 0 aromatic carbocycles. The van der Waals surface area contributed by atoms with Crippen molar-refractivity contribution in [3.63, 3.8) is 0 Å². The van der Waals surface area contributed by atoms with Crippen LogP contribution in [0, 0.1) is 11.8 Å². The maximum atomic E-state index is 13.3. The largest absolute Gasteiger partial charge is 0.444 e. The number of alkyl carbamates (subject to hydrolysis) is 2. The van der Waals surface area contributed by atoms with Gasteiger partial charge < -0.3 is 25.4 Å². The molecule has 2 aromatic rings. The van der Waals surface area contributed by atoms with Gasteiger partial charge in [0.1, 0.15) is 26.8 Å². The van der Waals surface area contributed by atoms with E-state index in [1.54, 1.807) is 74.1 Å². The number of ether oxygens (including phenoxy) is 2. The number of hydrogen-bond acceptors (Lipinski definition) is 14. The first-order valence-corrected chi connectivity index (χ1v) is 19.5. The number of nitrogens with one attached hydrogen (secondary N) is 4. The standard InChI is InChI=1S/C31H52N8O6S4/c1-12-31(19(5)46,35-28(43)45-30(9,10)11)24(41)34-26-39-37-21(49-26)14-16-47-15-13-20-36-38-25(48-20)33-23(40)18(4)22(17(2)3)32-27(42)44-29(6,7)8/h17-19,22,46H,12-16H2,1-11H3,(H,32,42)(H,35,43)(H,33,38,40)(H,34,39,41). The van der Waals surface area contributed by atoms with Crippen LogP contribution < -0.4 is 21.3 Å². The van der Waals surface area contributed by atoms with Gasteiger partial charge in [-0.15, -0.1) is 20.4 Å². The van der Waals surface area contributed by atoms with Crippen molar-refractivity contribution in [2.75, 3.05) is 22.1 Å². The molecule has 0 saturated carbocycles. The lowest BCUT2D eigenvalue weighted by Crippen LogP contribution is -2.62. The fraction of sp³-hybridized carbons (Fsp3) is 0.742. The minimum Gasteiger partial charge on any atom is -0.444 e. The van der Waals surface area contributed by atoms with Gasteiger partial charge in [-0.25, -0.2) is 9.59 Å². The van der Waals surface area contributed by atoms with E-state index >= 15 is 0 Å². The Morgan fingerprint density at radius 1 is 0.796 bits per heavy atom. The number of hydrogen-bond donors (Lipinski definition) is 5. The van der Waals surface area contributed by atoms with Crippen molar-refractivity contribution in [2.24, 2.45) is 11.8 Å². The molecule has 2 heterocycles. The molecule has 4 unspecified atom stereocenters. The number of aromatic nitrogens is 4. The average molecular weight is 761 g/mol. The van der Waals surface area contributed by atoms with Crippen LogP contribution in [-0.2, 0) is 31.9 Å². The number of nitrogens with zero attached hydrogens (tertiary/aromatic N) is 4. The number of carbonyl (C=O) groups is 4. The highest BCUT2D eigenvalue weighted by molar-refractivity contribution is 7.99. The van der Waals surface area contributed by atoms with Crippen LogP contribution in [0.3, 0.4) is 0 Å². The molecule has 4 N–H and O–H groups in total. The van der Waals surface area contributed by atoms with Gasteiger partial charge in [0.2, 0.25) is 16.2 Å². The molecule has 0 aliphatic heterocycles. The van der Waals surface area contributed by atoms with Crippen molar-refractivity contribution >= 4 is 81.3 Å². The summed E-state index contributed by atoms with van der Waals surface area (Å²) in [5.74, 6) is 0.317. The van der Waals surface area contributed by atoms with E-state index in [1.165, 1.54) is 22.7 Å². The van der Waals surface area contributed by atoms with Gasteiger partial charge in [-0.2, -0.15) is 24.4 Å². The second-order valence-electron chi connectivity index (χ2n) is 13.9. The number of thioether (sulfide) groups is 1. The molecular weight excluding hydrogens is 709 g/mol. The predicted octanol–water partition coefficient (Wildman–Crippen LogP) is 5.96. The number of aryl methyl sites for hydroxylation is 2. The summed E-state index contributed by atoms with van der Waals surface area (Å²) in [6.45, 7) is 19.8. The van der Waals surface area contributed by atoms with Gasteiger partial charge in [-0.1, -0.05) is 57.3 Å². The third-order valence-electron chi connectivity index (χ3n) is 7.06. The van der Waals surface area contributed by atoms with Crippen molar-refractivity contribution in [3.05, 3.63) is 10.0 Å². The number of rotatable bonds is 16. The predicted molar refractivity (Wildman–Crippen MR) is 200 cm³/mol. The van der Waals surface area contributed by atoms with Gasteiger partial charge in [0, 0.05) is 24.1 Å². The zero-order valence-electron chi connectivity index (χ0n) is 30.3. The molecule has 0 saturated heterocycles. The van der Waals surface area contributed by atoms with Gasteiger partial charge >= 0.3 is 12.2 Å². The minimum atomic E-state index is -1.31. The first-order valence-electron chi connectivity index (χ1n) is 16.2. The summed E-state index contributed by atoms with van der Waals surface area (Å²) in [6.07, 6.45) is 0.352. The summed E-state index contributed by atoms with van der Waals surface area (Å²) in [6, 6.07) is -0.429. The van der Waals surface area contributed by atoms with Crippen LogP contribution in [0.5, 0.6) is 0 Å². The van der Waals surface area contributed by atoms with Crippen molar-refractivity contribution in [1.29, 1.82) is 0 Å². The van der Waals surface area contributed by atoms with Crippen LogP contribution in [0.1, 0.15) is 92.6 Å². The van der Waals surface area contributed by atoms with Crippen LogP contribution in [-0.4, -0.2) is 83.9 Å². The first kappa shape index (κ1) is 42.5. The lowest BCUT2D eigenvalue weighted by molar-refractivity contribution is -0.122. The topological polar surface area (TPSA) is 186 Å². The SMILES string of the molecule is CCC(NC(=O)OC(C)(C)C)(C(=O)Nc1nnc(CCSCCc2nnc(NC(=O)C(C)C(NC(=O)OC(C)(C)C)C(C)C)s2)s1)C(C)S. The molecule has 0 bridgehead atoms. The van der Waals surface area contributed by atoms with Gasteiger partial charge in [0.15, 0.2) is 0 Å². The van der Waals surface area contributed by atoms with Crippen molar-refractivity contribution in [1.82, 2.24) is 31.0 Å². The van der Waals surface area contributed by atoms with Crippen LogP contribution >= 0.6 is 47.1 Å². The summed E-state index contributed by atoms with van der Waals surface area (Å²) in [5.41, 5.74) is -2.67. The zero-order chi connectivity index (χ0) is 37.2. The van der Waals surface area contributed by atoms with Gasteiger partial charge in [-0.3, -0.25) is 14.9 Å². The molecule has 0 aliphatic carbocycles. The summed E-state index contributed by atoms with van der Waals surface area (Å²) < 4.78 is 10.7. The second-order valence-corrected chi connectivity index (χ2v) is 18.0. The smallest absolute Gasteiger partial charge is 0.408 e. The lowest BCUT2D eigenvalue weighted by atomic mass is 9.91. The van der Waals surface area contributed by atoms with E-state index in [0.717, 1.165) is 21.5 Å². The molecule has 4 amide bonds. The Morgan fingerprint density at radius 2 is 1.29 bits per heavy atom. The highest BCUT2D eigenvalue weighted by atomic mass is 32.2. The molecule has 0 fully saturated rings. The molecule has 0 spiro atoms. The van der Waals surface area contributed by atoms with E-state index in [4.69, 9.17) is 9.47 Å². The summed E-state index contributed by atoms with van der Waals surface area (Å²) in [4.78, 5) is 51.2. The van der Waals surface area contributed by atoms with Gasteiger partial charge in [-0.05, 0) is 65.4 Å². The summed E-state index contributed by atoms with van der Waals surface area (Å²) in [7, 11) is 0. The fourth-order valence-corrected chi connectivity index (χ4v) is 7.49. The number of anilines is 2. The van der Waals surface area contributed by atoms with Gasteiger partial charge in [0.05, 0.1) is 5.92 Å². The van der Waals surface area contributed by atoms with E-state index in [2.05, 4.69) is 54.3 Å². The van der Waals surface area contributed by atoms with E-state index in [9.17, 15) is 19.2 Å². The van der Waals surface area contributed by atoms with Crippen LogP contribution in [0.4, 0.5) is 19.9 Å². The highest BCUT2D eigenvalue weighted by Gasteiger charge is 2.43. The Hall–Kier alpha value is -2.70. The van der Waals surface area contributed by atoms with Crippen molar-refractivity contribution in [3.8, 4) is 0 Å². The normalized spacial score (nSPS) is 15.0. The Morgan fingerprint density at radius 3 is 1.73 bits per heavy atom. The average Bonchev–Trinajstić information content (AvgIpc) is 3.60. The Labute approximate surface area is 307 Å². The number of carbonyl (C=O) groups excluding carboxylic acids is 4. The maximum Gasteiger partial charge on any atom is 0.408 e. The molecule has 0 aliphatic rings. The van der Waals surface area contributed by atoms with Crippen molar-refractivity contribution in [2.45, 2.75) is 123 Å². The molecule has 14 nitrogen and oxygen atoms in total. The molecule has 276 valence electrons. The Balaban J connectivity index is 1.83. The van der Waals surface area contributed by atoms with E-state index < -0.39 is 52.0 Å². The summed E-state index contributed by atoms with van der Waals surface area (Å²) >= 11 is 8.80. The van der Waals surface area contributed by atoms with Crippen LogP contribution in [0.15, 0.2) is 0 Å². The number of amides is 4. The van der Waals surface area contributed by atoms with E-state index in [-0.39, 0.29) is 11.8 Å². The molecule has 4 atom stereocenters. The summed E-state index contributed by atoms with van der Waals surface area (Å²) in [5, 5.41) is 29.6. The lowest BCUT2D eigenvalue weighted by Gasteiger charge is -2.35. The molecule has 0 radical (unpaired) electrons. The molecule has 2 aromatic heterocycles. The van der Waals surface area contributed by atoms with Crippen molar-refractivity contribution < 1.29 is 28.7 Å². The zero-order valence-corrected chi connectivity index (χ0v) is 33.6. The third kappa shape index (κ3) is 14.2. The Kier molecular flexibility index (Phi) is 16.0. The number of thiol groups is 1. The maximum absolute atomic E-state index is 13.3. The third-order valence-corrected chi connectivity index (χ3v) is 10.3. The first-order chi connectivity index (χ1) is 22.7. The second kappa shape index (κ2) is 18.5. The van der Waals surface area contributed by atoms with Crippen LogP contribution in [0.2, 0.25) is 0 Å². The molecule has 18 heteroatoms. The van der Waals surface area contributed by atoms with E-state index in [1.807, 2.05) is 13.8 Å². The highest BCUT2D eigenvalue weighted by Crippen LogP contribution is 2.26. The molecule has 49 heavy (non-hydrogen) atoms.